The van der Waals surface area contributed by atoms with E-state index in [1.807, 2.05) is 24.3 Å². The highest BCUT2D eigenvalue weighted by Crippen LogP contribution is 2.69. The zero-order valence-corrected chi connectivity index (χ0v) is 27.1. The molecule has 2 heterocycles. The van der Waals surface area contributed by atoms with Gasteiger partial charge in [0.1, 0.15) is 36.2 Å². The Morgan fingerprint density at radius 3 is 1.26 bits per heavy atom. The molecule has 2 unspecified atom stereocenters. The van der Waals surface area contributed by atoms with Crippen LogP contribution in [0, 0.1) is 0 Å². The standard InChI is InChI=1S/C36H40O4P2/c1-35(2,3)41-31-27(37-23-25-15-9-7-10-16-25)19-13-21-29(31)39-33(41)34-40-30-22-14-20-28(32(30)42(34)36(4,5)6)38-24-26-17-11-8-12-18-26/h7-22,33-34H,23-24H2,1-6H3/t33-,34-,41?,42?/m1/s1. The van der Waals surface area contributed by atoms with Gasteiger partial charge in [-0.15, -0.1) is 0 Å². The van der Waals surface area contributed by atoms with Gasteiger partial charge in [-0.1, -0.05) is 114 Å². The topological polar surface area (TPSA) is 36.9 Å². The van der Waals surface area contributed by atoms with Crippen LogP contribution in [0.4, 0.5) is 0 Å². The van der Waals surface area contributed by atoms with Crippen LogP contribution in [-0.4, -0.2) is 22.0 Å². The molecule has 2 aliphatic heterocycles. The quantitative estimate of drug-likeness (QED) is 0.199. The highest BCUT2D eigenvalue weighted by molar-refractivity contribution is 7.72. The fraction of sp³-hybridized carbons (Fsp3) is 0.333. The van der Waals surface area contributed by atoms with Crippen molar-refractivity contribution in [2.45, 2.75) is 76.8 Å². The molecule has 0 fully saturated rings. The van der Waals surface area contributed by atoms with Gasteiger partial charge in [-0.2, -0.15) is 0 Å². The molecule has 0 aliphatic carbocycles. The summed E-state index contributed by atoms with van der Waals surface area (Å²) in [4.78, 5) is 0. The molecule has 0 spiro atoms. The Labute approximate surface area is 252 Å². The average Bonchev–Trinajstić information content (AvgIpc) is 3.56. The van der Waals surface area contributed by atoms with Crippen LogP contribution in [0.3, 0.4) is 0 Å². The van der Waals surface area contributed by atoms with Crippen LogP contribution in [0.25, 0.3) is 0 Å². The summed E-state index contributed by atoms with van der Waals surface area (Å²) in [6.45, 7) is 15.0. The third-order valence-corrected chi connectivity index (χ3v) is 14.3. The number of benzene rings is 4. The van der Waals surface area contributed by atoms with Gasteiger partial charge in [-0.05, 0) is 61.5 Å². The number of ether oxygens (including phenoxy) is 4. The smallest absolute Gasteiger partial charge is 0.162 e. The molecule has 4 nitrogen and oxygen atoms in total. The predicted molar refractivity (Wildman–Crippen MR) is 176 cm³/mol. The largest absolute Gasteiger partial charge is 0.488 e. The first kappa shape index (κ1) is 29.0. The van der Waals surface area contributed by atoms with E-state index in [0.29, 0.717) is 13.2 Å². The van der Waals surface area contributed by atoms with E-state index in [9.17, 15) is 0 Å². The second-order valence-electron chi connectivity index (χ2n) is 12.9. The van der Waals surface area contributed by atoms with Gasteiger partial charge in [0.2, 0.25) is 0 Å². The summed E-state index contributed by atoms with van der Waals surface area (Å²) in [5.74, 6) is 3.49. The first-order chi connectivity index (χ1) is 20.1. The highest BCUT2D eigenvalue weighted by atomic mass is 31.1. The minimum atomic E-state index is -0.805. The molecule has 0 saturated heterocycles. The lowest BCUT2D eigenvalue weighted by Crippen LogP contribution is -2.38. The van der Waals surface area contributed by atoms with Gasteiger partial charge in [0.15, 0.2) is 11.7 Å². The van der Waals surface area contributed by atoms with E-state index < -0.39 is 15.8 Å². The molecule has 6 rings (SSSR count). The Morgan fingerprint density at radius 1 is 0.524 bits per heavy atom. The van der Waals surface area contributed by atoms with E-state index in [4.69, 9.17) is 18.9 Å². The zero-order valence-electron chi connectivity index (χ0n) is 25.3. The van der Waals surface area contributed by atoms with Crippen molar-refractivity contribution in [1.82, 2.24) is 0 Å². The monoisotopic (exact) mass is 598 g/mol. The number of rotatable bonds is 7. The highest BCUT2D eigenvalue weighted by Gasteiger charge is 2.55. The van der Waals surface area contributed by atoms with Gasteiger partial charge in [0.05, 0.1) is 10.6 Å². The van der Waals surface area contributed by atoms with Crippen molar-refractivity contribution in [2.24, 2.45) is 0 Å². The maximum absolute atomic E-state index is 6.95. The minimum absolute atomic E-state index is 0.0267. The summed E-state index contributed by atoms with van der Waals surface area (Å²) in [7, 11) is -1.61. The van der Waals surface area contributed by atoms with E-state index in [1.165, 1.54) is 10.6 Å². The molecule has 6 heteroatoms. The maximum Gasteiger partial charge on any atom is 0.162 e. The lowest BCUT2D eigenvalue weighted by atomic mass is 10.2. The fourth-order valence-electron chi connectivity index (χ4n) is 5.80. The zero-order chi connectivity index (χ0) is 29.5. The number of hydrogen-bond donors (Lipinski definition) is 0. The molecule has 0 radical (unpaired) electrons. The van der Waals surface area contributed by atoms with Crippen LogP contribution in [0.1, 0.15) is 52.7 Å². The molecule has 0 bridgehead atoms. The van der Waals surface area contributed by atoms with Crippen molar-refractivity contribution in [3.63, 3.8) is 0 Å². The molecule has 4 aromatic carbocycles. The van der Waals surface area contributed by atoms with Gasteiger partial charge in [-0.3, -0.25) is 0 Å². The molecule has 2 aliphatic rings. The summed E-state index contributed by atoms with van der Waals surface area (Å²) in [5.41, 5.74) is 2.30. The predicted octanol–water partition coefficient (Wildman–Crippen LogP) is 8.79. The molecule has 0 N–H and O–H groups in total. The van der Waals surface area contributed by atoms with E-state index in [-0.39, 0.29) is 22.0 Å². The van der Waals surface area contributed by atoms with E-state index in [2.05, 4.69) is 114 Å². The Balaban J connectivity index is 1.35. The van der Waals surface area contributed by atoms with Crippen molar-refractivity contribution in [1.29, 1.82) is 0 Å². The Kier molecular flexibility index (Phi) is 7.99. The van der Waals surface area contributed by atoms with Crippen LogP contribution in [0.5, 0.6) is 23.0 Å². The lowest BCUT2D eigenvalue weighted by molar-refractivity contribution is 0.171. The molecule has 0 amide bonds. The van der Waals surface area contributed by atoms with Crippen molar-refractivity contribution >= 4 is 26.5 Å². The SMILES string of the molecule is CC(C)(C)P1c2c(OCc3ccccc3)cccc2O[C@H]1[C@@H]1Oc2cccc(OCc3ccccc3)c2P1C(C)(C)C. The van der Waals surface area contributed by atoms with Gasteiger partial charge in [0.25, 0.3) is 0 Å². The first-order valence-corrected chi connectivity index (χ1v) is 17.4. The van der Waals surface area contributed by atoms with Crippen LogP contribution in [-0.2, 0) is 13.2 Å². The van der Waals surface area contributed by atoms with Gasteiger partial charge in [0, 0.05) is 0 Å². The van der Waals surface area contributed by atoms with E-state index in [1.54, 1.807) is 0 Å². The molecule has 0 saturated carbocycles. The van der Waals surface area contributed by atoms with Crippen LogP contribution in [0.2, 0.25) is 0 Å². The lowest BCUT2D eigenvalue weighted by Gasteiger charge is -2.39. The minimum Gasteiger partial charge on any atom is -0.488 e. The third kappa shape index (κ3) is 5.77. The molecule has 4 aromatic rings. The Morgan fingerprint density at radius 2 is 0.905 bits per heavy atom. The number of hydrogen-bond acceptors (Lipinski definition) is 4. The molecular weight excluding hydrogens is 558 g/mol. The second kappa shape index (κ2) is 11.6. The van der Waals surface area contributed by atoms with E-state index in [0.717, 1.165) is 34.1 Å². The van der Waals surface area contributed by atoms with E-state index >= 15 is 0 Å². The van der Waals surface area contributed by atoms with Crippen molar-refractivity contribution in [3.8, 4) is 23.0 Å². The molecule has 218 valence electrons. The summed E-state index contributed by atoms with van der Waals surface area (Å²) in [6.07, 6.45) is 0. The Hall–Kier alpha value is -3.06. The van der Waals surface area contributed by atoms with Crippen LogP contribution < -0.4 is 29.6 Å². The Bertz CT molecular complexity index is 1410. The fourth-order valence-corrected chi connectivity index (χ4v) is 12.5. The van der Waals surface area contributed by atoms with Gasteiger partial charge in [-0.25, -0.2) is 0 Å². The molecule has 42 heavy (non-hydrogen) atoms. The third-order valence-electron chi connectivity index (χ3n) is 7.57. The molecule has 4 atom stereocenters. The van der Waals surface area contributed by atoms with Crippen molar-refractivity contribution < 1.29 is 18.9 Å². The molecular formula is C36H40O4P2. The summed E-state index contributed by atoms with van der Waals surface area (Å²) in [6, 6.07) is 33.2. The molecule has 0 aromatic heterocycles. The number of fused-ring (bicyclic) bond motifs is 2. The maximum atomic E-state index is 6.95. The van der Waals surface area contributed by atoms with Crippen LogP contribution in [0.15, 0.2) is 97.1 Å². The summed E-state index contributed by atoms with van der Waals surface area (Å²) in [5, 5.41) is 2.37. The van der Waals surface area contributed by atoms with Gasteiger partial charge >= 0.3 is 0 Å². The normalized spacial score (nSPS) is 21.2. The van der Waals surface area contributed by atoms with Crippen molar-refractivity contribution in [3.05, 3.63) is 108 Å². The summed E-state index contributed by atoms with van der Waals surface area (Å²) >= 11 is 0. The van der Waals surface area contributed by atoms with Crippen molar-refractivity contribution in [2.75, 3.05) is 0 Å². The second-order valence-corrected chi connectivity index (χ2v) is 18.9. The average molecular weight is 599 g/mol. The van der Waals surface area contributed by atoms with Gasteiger partial charge < -0.3 is 18.9 Å². The van der Waals surface area contributed by atoms with Crippen LogP contribution >= 0.6 is 15.8 Å². The summed E-state index contributed by atoms with van der Waals surface area (Å²) < 4.78 is 26.9. The first-order valence-electron chi connectivity index (χ1n) is 14.6.